The van der Waals surface area contributed by atoms with E-state index in [1.807, 2.05) is 12.4 Å². The predicted molar refractivity (Wildman–Crippen MR) is 88.8 cm³/mol. The van der Waals surface area contributed by atoms with E-state index in [0.717, 1.165) is 30.8 Å². The third-order valence-corrected chi connectivity index (χ3v) is 4.51. The molecule has 0 spiro atoms. The second kappa shape index (κ2) is 7.07. The van der Waals surface area contributed by atoms with Crippen LogP contribution in [0.4, 0.5) is 0 Å². The van der Waals surface area contributed by atoms with Gasteiger partial charge in [0.25, 0.3) is 0 Å². The molecule has 22 heavy (non-hydrogen) atoms. The molecule has 2 heterocycles. The maximum absolute atomic E-state index is 9.28. The van der Waals surface area contributed by atoms with E-state index in [1.165, 1.54) is 18.4 Å². The van der Waals surface area contributed by atoms with Gasteiger partial charge in [-0.15, -0.1) is 0 Å². The fraction of sp³-hybridized carbons (Fsp3) is 0.500. The largest absolute Gasteiger partial charge is 0.395 e. The van der Waals surface area contributed by atoms with Crippen LogP contribution in [0.25, 0.3) is 11.4 Å². The topological polar surface area (TPSA) is 50.1 Å². The number of hydrogen-bond donors (Lipinski definition) is 2. The minimum absolute atomic E-state index is 0.201. The Hall–Kier alpha value is -1.65. The SMILES string of the molecule is CCCCc1ccc(-c2nccn2[C@H]2CN[C@H](CO)C2)cc1. The zero-order chi connectivity index (χ0) is 15.4. The van der Waals surface area contributed by atoms with Gasteiger partial charge in [0.05, 0.1) is 6.61 Å². The van der Waals surface area contributed by atoms with Crippen molar-refractivity contribution >= 4 is 0 Å². The van der Waals surface area contributed by atoms with Crippen molar-refractivity contribution < 1.29 is 5.11 Å². The van der Waals surface area contributed by atoms with E-state index in [-0.39, 0.29) is 12.6 Å². The molecule has 0 aliphatic carbocycles. The van der Waals surface area contributed by atoms with Gasteiger partial charge < -0.3 is 15.0 Å². The zero-order valence-corrected chi connectivity index (χ0v) is 13.2. The molecule has 1 aliphatic heterocycles. The van der Waals surface area contributed by atoms with Crippen LogP contribution in [-0.4, -0.2) is 33.9 Å². The Morgan fingerprint density at radius 3 is 2.82 bits per heavy atom. The van der Waals surface area contributed by atoms with Gasteiger partial charge >= 0.3 is 0 Å². The van der Waals surface area contributed by atoms with E-state index in [2.05, 4.69) is 46.1 Å². The lowest BCUT2D eigenvalue weighted by Gasteiger charge is -2.15. The van der Waals surface area contributed by atoms with Crippen molar-refractivity contribution in [2.24, 2.45) is 0 Å². The molecule has 0 bridgehead atoms. The molecule has 4 nitrogen and oxygen atoms in total. The van der Waals surface area contributed by atoms with E-state index < -0.39 is 0 Å². The number of benzene rings is 1. The number of nitrogens with one attached hydrogen (secondary N) is 1. The molecule has 1 fully saturated rings. The first-order valence-corrected chi connectivity index (χ1v) is 8.28. The highest BCUT2D eigenvalue weighted by Gasteiger charge is 2.26. The lowest BCUT2D eigenvalue weighted by molar-refractivity contribution is 0.253. The van der Waals surface area contributed by atoms with Gasteiger partial charge in [-0.2, -0.15) is 0 Å². The van der Waals surface area contributed by atoms with Gasteiger partial charge in [0.1, 0.15) is 5.82 Å². The number of aromatic nitrogens is 2. The molecule has 1 aromatic heterocycles. The lowest BCUT2D eigenvalue weighted by Crippen LogP contribution is -2.24. The summed E-state index contributed by atoms with van der Waals surface area (Å²) in [6.45, 7) is 3.32. The van der Waals surface area contributed by atoms with Gasteiger partial charge in [-0.25, -0.2) is 4.98 Å². The predicted octanol–water partition coefficient (Wildman–Crippen LogP) is 2.79. The van der Waals surface area contributed by atoms with Crippen molar-refractivity contribution in [1.29, 1.82) is 0 Å². The van der Waals surface area contributed by atoms with Crippen molar-refractivity contribution in [3.8, 4) is 11.4 Å². The molecule has 2 atom stereocenters. The van der Waals surface area contributed by atoms with Gasteiger partial charge in [0.15, 0.2) is 0 Å². The Morgan fingerprint density at radius 1 is 1.32 bits per heavy atom. The Morgan fingerprint density at radius 2 is 2.14 bits per heavy atom. The molecule has 1 saturated heterocycles. The van der Waals surface area contributed by atoms with Crippen LogP contribution >= 0.6 is 0 Å². The summed E-state index contributed by atoms with van der Waals surface area (Å²) in [4.78, 5) is 4.55. The van der Waals surface area contributed by atoms with Gasteiger partial charge in [0.2, 0.25) is 0 Å². The summed E-state index contributed by atoms with van der Waals surface area (Å²) in [6, 6.07) is 9.36. The highest BCUT2D eigenvalue weighted by atomic mass is 16.3. The Labute approximate surface area is 132 Å². The van der Waals surface area contributed by atoms with Crippen molar-refractivity contribution in [3.05, 3.63) is 42.2 Å². The maximum atomic E-state index is 9.28. The van der Waals surface area contributed by atoms with Gasteiger partial charge in [-0.1, -0.05) is 37.6 Å². The Kier molecular flexibility index (Phi) is 4.90. The molecule has 0 amide bonds. The van der Waals surface area contributed by atoms with Gasteiger partial charge in [0, 0.05) is 36.6 Å². The molecule has 1 aromatic carbocycles. The standard InChI is InChI=1S/C18H25N3O/c1-2-3-4-14-5-7-15(8-6-14)18-19-9-10-21(18)17-11-16(13-22)20-12-17/h5-10,16-17,20,22H,2-4,11-13H2,1H3/t16-,17+/m0/s1. The summed E-state index contributed by atoms with van der Waals surface area (Å²) in [5.41, 5.74) is 2.56. The third-order valence-electron chi connectivity index (χ3n) is 4.51. The summed E-state index contributed by atoms with van der Waals surface area (Å²) < 4.78 is 2.24. The molecule has 3 rings (SSSR count). The molecule has 0 radical (unpaired) electrons. The lowest BCUT2D eigenvalue weighted by atomic mass is 10.1. The number of aliphatic hydroxyl groups is 1. The quantitative estimate of drug-likeness (QED) is 0.862. The number of rotatable bonds is 6. The molecule has 2 aromatic rings. The third kappa shape index (κ3) is 3.23. The molecule has 4 heteroatoms. The van der Waals surface area contributed by atoms with Crippen LogP contribution in [0.1, 0.15) is 37.8 Å². The summed E-state index contributed by atoms with van der Waals surface area (Å²) in [7, 11) is 0. The van der Waals surface area contributed by atoms with E-state index >= 15 is 0 Å². The fourth-order valence-electron chi connectivity index (χ4n) is 3.18. The maximum Gasteiger partial charge on any atom is 0.140 e. The molecular weight excluding hydrogens is 274 g/mol. The van der Waals surface area contributed by atoms with Crippen LogP contribution in [0, 0.1) is 0 Å². The van der Waals surface area contributed by atoms with Crippen LogP contribution < -0.4 is 5.32 Å². The first kappa shape index (κ1) is 15.3. The number of imidazole rings is 1. The molecule has 2 N–H and O–H groups in total. The Balaban J connectivity index is 1.77. The van der Waals surface area contributed by atoms with E-state index in [1.54, 1.807) is 0 Å². The van der Waals surface area contributed by atoms with Crippen molar-refractivity contribution in [1.82, 2.24) is 14.9 Å². The zero-order valence-electron chi connectivity index (χ0n) is 13.2. The number of aryl methyl sites for hydroxylation is 1. The second-order valence-corrected chi connectivity index (χ2v) is 6.14. The highest BCUT2D eigenvalue weighted by molar-refractivity contribution is 5.56. The van der Waals surface area contributed by atoms with Crippen LogP contribution in [0.15, 0.2) is 36.7 Å². The van der Waals surface area contributed by atoms with Crippen LogP contribution in [-0.2, 0) is 6.42 Å². The number of hydrogen-bond acceptors (Lipinski definition) is 3. The minimum Gasteiger partial charge on any atom is -0.395 e. The smallest absolute Gasteiger partial charge is 0.140 e. The molecule has 0 saturated carbocycles. The van der Waals surface area contributed by atoms with Crippen molar-refractivity contribution in [3.63, 3.8) is 0 Å². The summed E-state index contributed by atoms with van der Waals surface area (Å²) in [5, 5.41) is 12.6. The Bertz CT molecular complexity index is 591. The molecule has 118 valence electrons. The van der Waals surface area contributed by atoms with Gasteiger partial charge in [-0.05, 0) is 24.8 Å². The first-order chi connectivity index (χ1) is 10.8. The van der Waals surface area contributed by atoms with E-state index in [0.29, 0.717) is 6.04 Å². The van der Waals surface area contributed by atoms with Crippen LogP contribution in [0.5, 0.6) is 0 Å². The summed E-state index contributed by atoms with van der Waals surface area (Å²) in [6.07, 6.45) is 8.49. The number of unbranched alkanes of at least 4 members (excludes halogenated alkanes) is 1. The highest BCUT2D eigenvalue weighted by Crippen LogP contribution is 2.26. The average Bonchev–Trinajstić information content (AvgIpc) is 3.21. The number of nitrogens with zero attached hydrogens (tertiary/aromatic N) is 2. The van der Waals surface area contributed by atoms with Crippen molar-refractivity contribution in [2.75, 3.05) is 13.2 Å². The van der Waals surface area contributed by atoms with E-state index in [9.17, 15) is 5.11 Å². The molecule has 1 aliphatic rings. The summed E-state index contributed by atoms with van der Waals surface area (Å²) >= 11 is 0. The van der Waals surface area contributed by atoms with Crippen LogP contribution in [0.2, 0.25) is 0 Å². The normalized spacial score (nSPS) is 21.4. The van der Waals surface area contributed by atoms with Crippen LogP contribution in [0.3, 0.4) is 0 Å². The second-order valence-electron chi connectivity index (χ2n) is 6.14. The first-order valence-electron chi connectivity index (χ1n) is 8.28. The summed E-state index contributed by atoms with van der Waals surface area (Å²) in [5.74, 6) is 1.02. The fourth-order valence-corrected chi connectivity index (χ4v) is 3.18. The minimum atomic E-state index is 0.201. The average molecular weight is 299 g/mol. The number of aliphatic hydroxyl groups excluding tert-OH is 1. The van der Waals surface area contributed by atoms with Gasteiger partial charge in [-0.3, -0.25) is 0 Å². The monoisotopic (exact) mass is 299 g/mol. The van der Waals surface area contributed by atoms with Crippen molar-refractivity contribution in [2.45, 2.75) is 44.7 Å². The molecular formula is C18H25N3O. The van der Waals surface area contributed by atoms with E-state index in [4.69, 9.17) is 0 Å². The molecule has 0 unspecified atom stereocenters.